The summed E-state index contributed by atoms with van der Waals surface area (Å²) in [6.45, 7) is 6.81. The normalized spacial score (nSPS) is 13.7. The maximum absolute atomic E-state index is 12.0. The highest BCUT2D eigenvalue weighted by Gasteiger charge is 2.30. The third kappa shape index (κ3) is 5.60. The Morgan fingerprint density at radius 1 is 1.00 bits per heavy atom. The minimum absolute atomic E-state index is 0.00431. The van der Waals surface area contributed by atoms with Crippen LogP contribution in [0.25, 0.3) is 11.0 Å². The van der Waals surface area contributed by atoms with Crippen LogP contribution in [0.5, 0.6) is 11.6 Å². The molecule has 10 heteroatoms. The summed E-state index contributed by atoms with van der Waals surface area (Å²) in [5, 5.41) is 6.16. The van der Waals surface area contributed by atoms with Crippen LogP contribution in [0, 0.1) is 0 Å². The number of para-hydroxylation sites is 1. The number of nitrogens with one attached hydrogen (secondary N) is 2. The number of ether oxygens (including phenoxy) is 2. The minimum atomic E-state index is -0.526. The fourth-order valence-electron chi connectivity index (χ4n) is 3.69. The quantitative estimate of drug-likeness (QED) is 0.402. The Kier molecular flexibility index (Phi) is 6.24. The fourth-order valence-corrected chi connectivity index (χ4v) is 3.69. The summed E-state index contributed by atoms with van der Waals surface area (Å²) in [6, 6.07) is 17.0. The maximum Gasteiger partial charge on any atom is 0.407 e. The first-order chi connectivity index (χ1) is 17.3. The van der Waals surface area contributed by atoms with Crippen LogP contribution in [0.15, 0.2) is 67.1 Å². The van der Waals surface area contributed by atoms with E-state index in [1.807, 2.05) is 69.3 Å². The summed E-state index contributed by atoms with van der Waals surface area (Å²) in [5.41, 5.74) is 1.58. The van der Waals surface area contributed by atoms with Gasteiger partial charge in [0.15, 0.2) is 5.82 Å². The monoisotopic (exact) mass is 485 g/mol. The van der Waals surface area contributed by atoms with Crippen LogP contribution < -0.4 is 20.3 Å². The Morgan fingerprint density at radius 2 is 1.81 bits per heavy atom. The van der Waals surface area contributed by atoms with Gasteiger partial charge in [0.1, 0.15) is 29.0 Å². The zero-order valence-electron chi connectivity index (χ0n) is 20.3. The lowest BCUT2D eigenvalue weighted by Gasteiger charge is -2.40. The number of aromatic nitrogens is 4. The highest BCUT2D eigenvalue weighted by Crippen LogP contribution is 2.27. The summed E-state index contributed by atoms with van der Waals surface area (Å²) in [4.78, 5) is 32.0. The number of amides is 1. The van der Waals surface area contributed by atoms with Gasteiger partial charge in [0.25, 0.3) is 0 Å². The molecule has 1 aliphatic rings. The lowest BCUT2D eigenvalue weighted by atomic mass is 10.1. The molecule has 10 nitrogen and oxygen atoms in total. The lowest BCUT2D eigenvalue weighted by Crippen LogP contribution is -2.60. The molecule has 2 N–H and O–H groups in total. The molecular formula is C26H27N7O3. The molecule has 0 aliphatic carbocycles. The predicted octanol–water partition coefficient (Wildman–Crippen LogP) is 4.67. The fraction of sp³-hybridized carbons (Fsp3) is 0.269. The standard InChI is InChI=1S/C26H27N7O3/c1-26(2,3)36-25(34)31-18-14-33(15-18)21-11-10-20-23(32-21)24(29-16-28-20)30-17-9-12-22(27-13-17)35-19-7-5-4-6-8-19/h4-13,16,18H,14-15H2,1-3H3,(H,31,34)(H,28,29,30). The number of pyridine rings is 2. The highest BCUT2D eigenvalue weighted by molar-refractivity contribution is 5.88. The summed E-state index contributed by atoms with van der Waals surface area (Å²) in [7, 11) is 0. The van der Waals surface area contributed by atoms with Crippen molar-refractivity contribution in [2.75, 3.05) is 23.3 Å². The number of hydrogen-bond donors (Lipinski definition) is 2. The van der Waals surface area contributed by atoms with Gasteiger partial charge in [0.2, 0.25) is 5.88 Å². The molecule has 1 fully saturated rings. The number of fused-ring (bicyclic) bond motifs is 1. The Morgan fingerprint density at radius 3 is 2.53 bits per heavy atom. The molecule has 36 heavy (non-hydrogen) atoms. The molecule has 0 radical (unpaired) electrons. The van der Waals surface area contributed by atoms with Gasteiger partial charge in [0, 0.05) is 19.2 Å². The van der Waals surface area contributed by atoms with Gasteiger partial charge in [-0.1, -0.05) is 18.2 Å². The van der Waals surface area contributed by atoms with Crippen LogP contribution >= 0.6 is 0 Å². The smallest absolute Gasteiger partial charge is 0.407 e. The van der Waals surface area contributed by atoms with Crippen LogP contribution in [-0.4, -0.2) is 50.8 Å². The van der Waals surface area contributed by atoms with Crippen molar-refractivity contribution in [3.8, 4) is 11.6 Å². The van der Waals surface area contributed by atoms with Crippen molar-refractivity contribution in [2.24, 2.45) is 0 Å². The van der Waals surface area contributed by atoms with E-state index in [0.717, 1.165) is 22.8 Å². The van der Waals surface area contributed by atoms with Crippen LogP contribution in [0.1, 0.15) is 20.8 Å². The van der Waals surface area contributed by atoms with E-state index in [-0.39, 0.29) is 6.04 Å². The first-order valence-corrected chi connectivity index (χ1v) is 11.6. The Balaban J connectivity index is 1.25. The third-order valence-corrected chi connectivity index (χ3v) is 5.36. The second-order valence-electron chi connectivity index (χ2n) is 9.43. The zero-order chi connectivity index (χ0) is 25.1. The number of hydrogen-bond acceptors (Lipinski definition) is 9. The molecule has 5 rings (SSSR count). The Bertz CT molecular complexity index is 1350. The highest BCUT2D eigenvalue weighted by atomic mass is 16.6. The number of anilines is 3. The van der Waals surface area contributed by atoms with Crippen molar-refractivity contribution in [1.29, 1.82) is 0 Å². The van der Waals surface area contributed by atoms with Crippen molar-refractivity contribution in [1.82, 2.24) is 25.3 Å². The molecule has 0 unspecified atom stereocenters. The van der Waals surface area contributed by atoms with E-state index in [2.05, 4.69) is 30.5 Å². The summed E-state index contributed by atoms with van der Waals surface area (Å²) in [5.74, 6) is 2.57. The van der Waals surface area contributed by atoms with E-state index in [9.17, 15) is 4.79 Å². The molecule has 1 aromatic carbocycles. The number of rotatable bonds is 6. The molecule has 1 amide bonds. The second kappa shape index (κ2) is 9.65. The van der Waals surface area contributed by atoms with Gasteiger partial charge >= 0.3 is 6.09 Å². The van der Waals surface area contributed by atoms with Crippen molar-refractivity contribution in [3.05, 3.63) is 67.1 Å². The number of carbonyl (C=O) groups excluding carboxylic acids is 1. The van der Waals surface area contributed by atoms with Gasteiger partial charge in [-0.25, -0.2) is 24.7 Å². The van der Waals surface area contributed by atoms with E-state index < -0.39 is 11.7 Å². The SMILES string of the molecule is CC(C)(C)OC(=O)NC1CN(c2ccc3ncnc(Nc4ccc(Oc5ccccc5)nc4)c3n2)C1. The van der Waals surface area contributed by atoms with E-state index >= 15 is 0 Å². The number of nitrogens with zero attached hydrogens (tertiary/aromatic N) is 5. The molecule has 0 spiro atoms. The van der Waals surface area contributed by atoms with Gasteiger partial charge in [-0.3, -0.25) is 0 Å². The summed E-state index contributed by atoms with van der Waals surface area (Å²) >= 11 is 0. The minimum Gasteiger partial charge on any atom is -0.444 e. The van der Waals surface area contributed by atoms with E-state index in [0.29, 0.717) is 30.3 Å². The first kappa shape index (κ1) is 23.3. The van der Waals surface area contributed by atoms with E-state index in [1.165, 1.54) is 6.33 Å². The molecule has 4 aromatic rings. The van der Waals surface area contributed by atoms with Gasteiger partial charge in [-0.05, 0) is 51.1 Å². The van der Waals surface area contributed by atoms with Gasteiger partial charge in [-0.15, -0.1) is 0 Å². The van der Waals surface area contributed by atoms with Crippen LogP contribution in [0.4, 0.5) is 22.1 Å². The zero-order valence-corrected chi connectivity index (χ0v) is 20.3. The third-order valence-electron chi connectivity index (χ3n) is 5.36. The average Bonchev–Trinajstić information content (AvgIpc) is 2.82. The molecule has 3 aromatic heterocycles. The van der Waals surface area contributed by atoms with Crippen LogP contribution in [0.2, 0.25) is 0 Å². The number of benzene rings is 1. The molecule has 0 saturated carbocycles. The summed E-state index contributed by atoms with van der Waals surface area (Å²) in [6.07, 6.45) is 2.77. The van der Waals surface area contributed by atoms with E-state index in [1.54, 1.807) is 12.3 Å². The van der Waals surface area contributed by atoms with Gasteiger partial charge in [-0.2, -0.15) is 0 Å². The molecule has 1 saturated heterocycles. The van der Waals surface area contributed by atoms with Crippen LogP contribution in [0.3, 0.4) is 0 Å². The predicted molar refractivity (Wildman–Crippen MR) is 137 cm³/mol. The number of carbonyl (C=O) groups is 1. The molecule has 184 valence electrons. The number of alkyl carbamates (subject to hydrolysis) is 1. The van der Waals surface area contributed by atoms with Gasteiger partial charge < -0.3 is 25.0 Å². The van der Waals surface area contributed by atoms with Crippen molar-refractivity contribution in [3.63, 3.8) is 0 Å². The summed E-state index contributed by atoms with van der Waals surface area (Å²) < 4.78 is 11.1. The van der Waals surface area contributed by atoms with E-state index in [4.69, 9.17) is 14.5 Å². The van der Waals surface area contributed by atoms with Crippen molar-refractivity contribution in [2.45, 2.75) is 32.4 Å². The molecule has 1 aliphatic heterocycles. The largest absolute Gasteiger partial charge is 0.444 e. The maximum atomic E-state index is 12.0. The lowest BCUT2D eigenvalue weighted by molar-refractivity contribution is 0.0496. The van der Waals surface area contributed by atoms with Crippen LogP contribution in [-0.2, 0) is 4.74 Å². The average molecular weight is 486 g/mol. The van der Waals surface area contributed by atoms with Gasteiger partial charge in [0.05, 0.1) is 23.4 Å². The Hall–Kier alpha value is -4.47. The first-order valence-electron chi connectivity index (χ1n) is 11.6. The molecule has 4 heterocycles. The second-order valence-corrected chi connectivity index (χ2v) is 9.43. The van der Waals surface area contributed by atoms with Crippen molar-refractivity contribution < 1.29 is 14.3 Å². The van der Waals surface area contributed by atoms with Crippen molar-refractivity contribution >= 4 is 34.4 Å². The molecule has 0 atom stereocenters. The molecular weight excluding hydrogens is 458 g/mol. The molecule has 0 bridgehead atoms. The topological polar surface area (TPSA) is 114 Å². The Labute approximate surface area is 208 Å².